The maximum Gasteiger partial charge on any atom is 0.338 e. The summed E-state index contributed by atoms with van der Waals surface area (Å²) in [6.07, 6.45) is 5.62. The molecule has 2 aromatic rings. The van der Waals surface area contributed by atoms with Gasteiger partial charge in [-0.15, -0.1) is 0 Å². The summed E-state index contributed by atoms with van der Waals surface area (Å²) in [6.45, 7) is 1.45. The molecular weight excluding hydrogens is 296 g/mol. The fraction of sp³-hybridized carbons (Fsp3) is 0.412. The molecule has 0 aliphatic carbocycles. The van der Waals surface area contributed by atoms with E-state index in [0.29, 0.717) is 24.5 Å². The zero-order chi connectivity index (χ0) is 16.1. The SMILES string of the molecule is Cn1ccnc1COc1ccc(C(=O)OC[C@@H]2CCCO2)cc1. The molecule has 6 heteroatoms. The number of carbonyl (C=O) groups is 1. The maximum atomic E-state index is 12.0. The highest BCUT2D eigenvalue weighted by Crippen LogP contribution is 2.16. The first-order chi connectivity index (χ1) is 11.2. The molecule has 0 amide bonds. The number of aromatic nitrogens is 2. The minimum Gasteiger partial charge on any atom is -0.486 e. The number of rotatable bonds is 6. The van der Waals surface area contributed by atoms with E-state index in [2.05, 4.69) is 4.98 Å². The summed E-state index contributed by atoms with van der Waals surface area (Å²) in [7, 11) is 1.92. The van der Waals surface area contributed by atoms with Crippen LogP contribution in [-0.2, 0) is 23.1 Å². The van der Waals surface area contributed by atoms with Crippen molar-refractivity contribution in [1.29, 1.82) is 0 Å². The molecular formula is C17H20N2O4. The van der Waals surface area contributed by atoms with Crippen LogP contribution in [-0.4, -0.2) is 34.8 Å². The highest BCUT2D eigenvalue weighted by molar-refractivity contribution is 5.89. The molecule has 1 aromatic heterocycles. The number of hydrogen-bond donors (Lipinski definition) is 0. The third-order valence-corrected chi connectivity index (χ3v) is 3.80. The van der Waals surface area contributed by atoms with Crippen LogP contribution in [0.5, 0.6) is 5.75 Å². The molecule has 1 atom stereocenters. The lowest BCUT2D eigenvalue weighted by molar-refractivity contribution is 0.0161. The standard InChI is InChI=1S/C17H20N2O4/c1-19-9-8-18-16(19)12-22-14-6-4-13(5-7-14)17(20)23-11-15-3-2-10-21-15/h4-9,15H,2-3,10-12H2,1H3/t15-/m0/s1. The van der Waals surface area contributed by atoms with Crippen molar-refractivity contribution in [1.82, 2.24) is 9.55 Å². The molecule has 23 heavy (non-hydrogen) atoms. The molecule has 0 bridgehead atoms. The van der Waals surface area contributed by atoms with E-state index in [1.54, 1.807) is 30.5 Å². The van der Waals surface area contributed by atoms with Crippen LogP contribution in [0, 0.1) is 0 Å². The van der Waals surface area contributed by atoms with E-state index in [9.17, 15) is 4.79 Å². The highest BCUT2D eigenvalue weighted by Gasteiger charge is 2.18. The van der Waals surface area contributed by atoms with Crippen molar-refractivity contribution < 1.29 is 19.0 Å². The van der Waals surface area contributed by atoms with Crippen molar-refractivity contribution >= 4 is 5.97 Å². The lowest BCUT2D eigenvalue weighted by Crippen LogP contribution is -2.17. The van der Waals surface area contributed by atoms with E-state index < -0.39 is 0 Å². The first-order valence-electron chi connectivity index (χ1n) is 7.70. The van der Waals surface area contributed by atoms with Gasteiger partial charge in [-0.2, -0.15) is 0 Å². The fourth-order valence-electron chi connectivity index (χ4n) is 2.40. The van der Waals surface area contributed by atoms with Gasteiger partial charge in [0.15, 0.2) is 0 Å². The quantitative estimate of drug-likeness (QED) is 0.766. The number of imidazole rings is 1. The number of aryl methyl sites for hydroxylation is 1. The summed E-state index contributed by atoms with van der Waals surface area (Å²) in [5.41, 5.74) is 0.507. The topological polar surface area (TPSA) is 62.6 Å². The Morgan fingerprint density at radius 2 is 2.22 bits per heavy atom. The Labute approximate surface area is 135 Å². The summed E-state index contributed by atoms with van der Waals surface area (Å²) in [4.78, 5) is 16.2. The number of carbonyl (C=O) groups excluding carboxylic acids is 1. The lowest BCUT2D eigenvalue weighted by Gasteiger charge is -2.10. The molecule has 1 aromatic carbocycles. The van der Waals surface area contributed by atoms with Crippen molar-refractivity contribution in [3.63, 3.8) is 0 Å². The number of benzene rings is 1. The maximum absolute atomic E-state index is 12.0. The zero-order valence-electron chi connectivity index (χ0n) is 13.1. The fourth-order valence-corrected chi connectivity index (χ4v) is 2.40. The molecule has 0 saturated carbocycles. The minimum atomic E-state index is -0.337. The van der Waals surface area contributed by atoms with Gasteiger partial charge in [0.1, 0.15) is 24.8 Å². The summed E-state index contributed by atoms with van der Waals surface area (Å²) in [6, 6.07) is 6.91. The Morgan fingerprint density at radius 3 is 2.87 bits per heavy atom. The molecule has 1 fully saturated rings. The van der Waals surface area contributed by atoms with Crippen molar-refractivity contribution in [3.05, 3.63) is 48.0 Å². The lowest BCUT2D eigenvalue weighted by atomic mass is 10.2. The minimum absolute atomic E-state index is 0.0411. The van der Waals surface area contributed by atoms with Crippen LogP contribution >= 0.6 is 0 Å². The number of ether oxygens (including phenoxy) is 3. The van der Waals surface area contributed by atoms with Gasteiger partial charge in [0.05, 0.1) is 11.7 Å². The number of esters is 1. The average Bonchev–Trinajstić information content (AvgIpc) is 3.23. The Hall–Kier alpha value is -2.34. The first-order valence-corrected chi connectivity index (χ1v) is 7.70. The normalized spacial score (nSPS) is 17.2. The molecule has 0 N–H and O–H groups in total. The molecule has 0 radical (unpaired) electrons. The smallest absolute Gasteiger partial charge is 0.338 e. The largest absolute Gasteiger partial charge is 0.486 e. The zero-order valence-corrected chi connectivity index (χ0v) is 13.1. The van der Waals surface area contributed by atoms with Gasteiger partial charge in [-0.1, -0.05) is 0 Å². The summed E-state index contributed by atoms with van der Waals surface area (Å²) < 4.78 is 18.2. The van der Waals surface area contributed by atoms with Crippen LogP contribution in [0.3, 0.4) is 0 Å². The van der Waals surface area contributed by atoms with Crippen molar-refractivity contribution in [2.24, 2.45) is 7.05 Å². The van der Waals surface area contributed by atoms with E-state index in [0.717, 1.165) is 25.3 Å². The summed E-state index contributed by atoms with van der Waals surface area (Å²) >= 11 is 0. The van der Waals surface area contributed by atoms with E-state index in [4.69, 9.17) is 14.2 Å². The Morgan fingerprint density at radius 1 is 1.39 bits per heavy atom. The number of hydrogen-bond acceptors (Lipinski definition) is 5. The third kappa shape index (κ3) is 4.10. The van der Waals surface area contributed by atoms with Gasteiger partial charge in [-0.3, -0.25) is 0 Å². The second-order valence-electron chi connectivity index (χ2n) is 5.50. The summed E-state index contributed by atoms with van der Waals surface area (Å²) in [5, 5.41) is 0. The molecule has 0 unspecified atom stereocenters. The molecule has 2 heterocycles. The van der Waals surface area contributed by atoms with E-state index in [1.807, 2.05) is 17.8 Å². The molecule has 0 spiro atoms. The van der Waals surface area contributed by atoms with E-state index in [-0.39, 0.29) is 12.1 Å². The molecule has 6 nitrogen and oxygen atoms in total. The molecule has 3 rings (SSSR count). The van der Waals surface area contributed by atoms with Crippen LogP contribution < -0.4 is 4.74 Å². The Bertz CT molecular complexity index is 645. The Balaban J connectivity index is 1.49. The van der Waals surface area contributed by atoms with Crippen molar-refractivity contribution in [2.45, 2.75) is 25.6 Å². The van der Waals surface area contributed by atoms with E-state index >= 15 is 0 Å². The molecule has 1 aliphatic heterocycles. The Kier molecular flexibility index (Phi) is 4.92. The second kappa shape index (κ2) is 7.28. The van der Waals surface area contributed by atoms with Crippen LogP contribution in [0.1, 0.15) is 29.0 Å². The van der Waals surface area contributed by atoms with Crippen molar-refractivity contribution in [2.75, 3.05) is 13.2 Å². The van der Waals surface area contributed by atoms with E-state index in [1.165, 1.54) is 0 Å². The predicted octanol–water partition coefficient (Wildman–Crippen LogP) is 2.33. The first kappa shape index (κ1) is 15.6. The van der Waals surface area contributed by atoms with Crippen molar-refractivity contribution in [3.8, 4) is 5.75 Å². The van der Waals surface area contributed by atoms with Gasteiger partial charge in [0.25, 0.3) is 0 Å². The monoisotopic (exact) mass is 316 g/mol. The van der Waals surface area contributed by atoms with Gasteiger partial charge in [0, 0.05) is 26.0 Å². The van der Waals surface area contributed by atoms with Crippen LogP contribution in [0.15, 0.2) is 36.7 Å². The highest BCUT2D eigenvalue weighted by atomic mass is 16.6. The number of nitrogens with zero attached hydrogens (tertiary/aromatic N) is 2. The average molecular weight is 316 g/mol. The molecule has 1 aliphatic rings. The van der Waals surface area contributed by atoms with Crippen LogP contribution in [0.4, 0.5) is 0 Å². The van der Waals surface area contributed by atoms with Gasteiger partial charge in [-0.25, -0.2) is 9.78 Å². The van der Waals surface area contributed by atoms with Gasteiger partial charge < -0.3 is 18.8 Å². The molecule has 1 saturated heterocycles. The van der Waals surface area contributed by atoms with Gasteiger partial charge in [0.2, 0.25) is 0 Å². The predicted molar refractivity (Wildman–Crippen MR) is 83.2 cm³/mol. The molecule has 122 valence electrons. The van der Waals surface area contributed by atoms with Crippen LogP contribution in [0.2, 0.25) is 0 Å². The van der Waals surface area contributed by atoms with Gasteiger partial charge in [-0.05, 0) is 37.1 Å². The second-order valence-corrected chi connectivity index (χ2v) is 5.50. The van der Waals surface area contributed by atoms with Gasteiger partial charge >= 0.3 is 5.97 Å². The summed E-state index contributed by atoms with van der Waals surface area (Å²) in [5.74, 6) is 1.19. The third-order valence-electron chi connectivity index (χ3n) is 3.80. The van der Waals surface area contributed by atoms with Crippen LogP contribution in [0.25, 0.3) is 0 Å².